The number of carbonyl (C=O) groups excluding carboxylic acids is 1. The highest BCUT2D eigenvalue weighted by molar-refractivity contribution is 5.83. The normalized spacial score (nSPS) is 10.6. The fourth-order valence-corrected chi connectivity index (χ4v) is 2.60. The molecule has 0 bridgehead atoms. The number of H-pyrrole nitrogens is 1. The lowest BCUT2D eigenvalue weighted by Gasteiger charge is -2.09. The molecule has 0 spiro atoms. The number of fused-ring (bicyclic) bond motifs is 1. The van der Waals surface area contributed by atoms with Crippen LogP contribution in [0.1, 0.15) is 5.56 Å². The monoisotopic (exact) mass is 341 g/mol. The molecule has 0 fully saturated rings. The molecule has 2 amide bonds. The highest BCUT2D eigenvalue weighted by Gasteiger charge is 2.04. The van der Waals surface area contributed by atoms with Crippen LogP contribution in [0.2, 0.25) is 0 Å². The van der Waals surface area contributed by atoms with Crippen LogP contribution >= 0.6 is 0 Å². The van der Waals surface area contributed by atoms with Crippen molar-refractivity contribution in [2.45, 2.75) is 6.42 Å². The molecule has 6 heteroatoms. The zero-order valence-corrected chi connectivity index (χ0v) is 13.7. The van der Waals surface area contributed by atoms with Crippen LogP contribution in [-0.2, 0) is 6.42 Å². The van der Waals surface area contributed by atoms with E-state index in [1.165, 1.54) is 23.1 Å². The van der Waals surface area contributed by atoms with E-state index in [4.69, 9.17) is 4.74 Å². The molecular formula is C19H20FN3O2. The summed E-state index contributed by atoms with van der Waals surface area (Å²) in [6.07, 6.45) is 2.72. The number of para-hydroxylation sites is 1. The Morgan fingerprint density at radius 3 is 2.80 bits per heavy atom. The number of carbonyl (C=O) groups is 1. The van der Waals surface area contributed by atoms with Gasteiger partial charge in [0.25, 0.3) is 0 Å². The summed E-state index contributed by atoms with van der Waals surface area (Å²) in [5.41, 5.74) is 2.27. The molecule has 25 heavy (non-hydrogen) atoms. The maximum absolute atomic E-state index is 13.0. The molecule has 0 aliphatic heterocycles. The average Bonchev–Trinajstić information content (AvgIpc) is 3.02. The quantitative estimate of drug-likeness (QED) is 0.578. The van der Waals surface area contributed by atoms with E-state index < -0.39 is 0 Å². The van der Waals surface area contributed by atoms with Crippen LogP contribution in [0.15, 0.2) is 54.7 Å². The van der Waals surface area contributed by atoms with E-state index in [1.807, 2.05) is 24.4 Å². The van der Waals surface area contributed by atoms with Crippen molar-refractivity contribution in [3.63, 3.8) is 0 Å². The molecule has 0 unspecified atom stereocenters. The molecule has 0 atom stereocenters. The lowest BCUT2D eigenvalue weighted by Crippen LogP contribution is -2.38. The second kappa shape index (κ2) is 8.19. The molecule has 5 nitrogen and oxygen atoms in total. The van der Waals surface area contributed by atoms with Gasteiger partial charge in [0, 0.05) is 29.7 Å². The predicted molar refractivity (Wildman–Crippen MR) is 95.3 cm³/mol. The van der Waals surface area contributed by atoms with Crippen molar-refractivity contribution >= 4 is 16.9 Å². The van der Waals surface area contributed by atoms with Crippen LogP contribution in [0.5, 0.6) is 5.75 Å². The topological polar surface area (TPSA) is 66.2 Å². The van der Waals surface area contributed by atoms with Crippen molar-refractivity contribution < 1.29 is 13.9 Å². The Kier molecular flexibility index (Phi) is 5.51. The van der Waals surface area contributed by atoms with Crippen LogP contribution < -0.4 is 15.4 Å². The molecule has 1 heterocycles. The van der Waals surface area contributed by atoms with Gasteiger partial charge in [0.05, 0.1) is 6.54 Å². The van der Waals surface area contributed by atoms with Crippen LogP contribution in [-0.4, -0.2) is 30.7 Å². The second-order valence-corrected chi connectivity index (χ2v) is 5.60. The zero-order chi connectivity index (χ0) is 17.5. The van der Waals surface area contributed by atoms with E-state index in [0.717, 1.165) is 11.9 Å². The van der Waals surface area contributed by atoms with E-state index in [-0.39, 0.29) is 18.5 Å². The molecule has 130 valence electrons. The Balaban J connectivity index is 1.34. The molecule has 2 aromatic carbocycles. The van der Waals surface area contributed by atoms with E-state index >= 15 is 0 Å². The van der Waals surface area contributed by atoms with Crippen LogP contribution in [0.3, 0.4) is 0 Å². The Morgan fingerprint density at radius 2 is 1.92 bits per heavy atom. The Hall–Kier alpha value is -3.02. The third-order valence-corrected chi connectivity index (χ3v) is 3.81. The lowest BCUT2D eigenvalue weighted by molar-refractivity contribution is 0.236. The van der Waals surface area contributed by atoms with Crippen LogP contribution in [0.25, 0.3) is 10.9 Å². The number of urea groups is 1. The van der Waals surface area contributed by atoms with Gasteiger partial charge >= 0.3 is 6.03 Å². The van der Waals surface area contributed by atoms with E-state index in [1.54, 1.807) is 12.1 Å². The Bertz CT molecular complexity index is 847. The van der Waals surface area contributed by atoms with Gasteiger partial charge in [-0.2, -0.15) is 0 Å². The van der Waals surface area contributed by atoms with Crippen molar-refractivity contribution in [3.8, 4) is 5.75 Å². The second-order valence-electron chi connectivity index (χ2n) is 5.60. The van der Waals surface area contributed by atoms with Gasteiger partial charge in [0.15, 0.2) is 0 Å². The summed E-state index contributed by atoms with van der Waals surface area (Å²) in [6.45, 7) is 1.16. The van der Waals surface area contributed by atoms with Gasteiger partial charge in [-0.3, -0.25) is 0 Å². The first kappa shape index (κ1) is 16.8. The number of halogens is 1. The summed E-state index contributed by atoms with van der Waals surface area (Å²) in [5, 5.41) is 6.70. The van der Waals surface area contributed by atoms with E-state index in [9.17, 15) is 9.18 Å². The van der Waals surface area contributed by atoms with Gasteiger partial charge in [-0.15, -0.1) is 0 Å². The predicted octanol–water partition coefficient (Wildman–Crippen LogP) is 3.23. The first-order valence-electron chi connectivity index (χ1n) is 8.17. The number of aromatic nitrogens is 1. The highest BCUT2D eigenvalue weighted by Crippen LogP contribution is 2.17. The number of hydrogen-bond acceptors (Lipinski definition) is 2. The lowest BCUT2D eigenvalue weighted by atomic mass is 10.1. The minimum atomic E-state index is -0.347. The third-order valence-electron chi connectivity index (χ3n) is 3.81. The smallest absolute Gasteiger partial charge is 0.314 e. The first-order chi connectivity index (χ1) is 12.2. The van der Waals surface area contributed by atoms with E-state index in [0.29, 0.717) is 18.8 Å². The summed E-state index contributed by atoms with van der Waals surface area (Å²) in [5.74, 6) is 0.0991. The van der Waals surface area contributed by atoms with Gasteiger partial charge in [-0.1, -0.05) is 24.3 Å². The van der Waals surface area contributed by atoms with Gasteiger partial charge < -0.3 is 20.4 Å². The van der Waals surface area contributed by atoms with Crippen LogP contribution in [0, 0.1) is 5.82 Å². The molecule has 0 aliphatic rings. The summed E-state index contributed by atoms with van der Waals surface area (Å²) in [7, 11) is 0. The number of hydrogen-bond donors (Lipinski definition) is 3. The Labute approximate surface area is 145 Å². The molecular weight excluding hydrogens is 321 g/mol. The van der Waals surface area contributed by atoms with Crippen molar-refractivity contribution in [3.05, 3.63) is 66.1 Å². The van der Waals surface area contributed by atoms with Gasteiger partial charge in [0.1, 0.15) is 18.2 Å². The number of amides is 2. The number of aromatic amines is 1. The zero-order valence-electron chi connectivity index (χ0n) is 13.7. The number of nitrogens with one attached hydrogen (secondary N) is 3. The molecule has 0 saturated heterocycles. The molecule has 3 rings (SSSR count). The van der Waals surface area contributed by atoms with E-state index in [2.05, 4.69) is 21.7 Å². The Morgan fingerprint density at radius 1 is 1.08 bits per heavy atom. The SMILES string of the molecule is O=C(NCCOc1cccc(F)c1)NCCc1c[nH]c2ccccc12. The molecule has 1 aromatic heterocycles. The first-order valence-corrected chi connectivity index (χ1v) is 8.17. The third kappa shape index (κ3) is 4.73. The molecule has 0 radical (unpaired) electrons. The average molecular weight is 341 g/mol. The molecule has 0 aliphatic carbocycles. The number of ether oxygens (including phenoxy) is 1. The van der Waals surface area contributed by atoms with Crippen molar-refractivity contribution in [1.82, 2.24) is 15.6 Å². The fraction of sp³-hybridized carbons (Fsp3) is 0.211. The van der Waals surface area contributed by atoms with Crippen molar-refractivity contribution in [2.75, 3.05) is 19.7 Å². The molecule has 3 N–H and O–H groups in total. The minimum Gasteiger partial charge on any atom is -0.492 e. The minimum absolute atomic E-state index is 0.248. The summed E-state index contributed by atoms with van der Waals surface area (Å²) in [4.78, 5) is 15.0. The van der Waals surface area contributed by atoms with Crippen molar-refractivity contribution in [1.29, 1.82) is 0 Å². The number of benzene rings is 2. The molecule has 0 saturated carbocycles. The van der Waals surface area contributed by atoms with Crippen molar-refractivity contribution in [2.24, 2.45) is 0 Å². The standard InChI is InChI=1S/C19H20FN3O2/c20-15-4-3-5-16(12-15)25-11-10-22-19(24)21-9-8-14-13-23-18-7-2-1-6-17(14)18/h1-7,12-13,23H,8-11H2,(H2,21,22,24). The van der Waals surface area contributed by atoms with Gasteiger partial charge in [-0.05, 0) is 30.2 Å². The number of rotatable bonds is 7. The van der Waals surface area contributed by atoms with Gasteiger partial charge in [-0.25, -0.2) is 9.18 Å². The summed E-state index contributed by atoms with van der Waals surface area (Å²) >= 11 is 0. The fourth-order valence-electron chi connectivity index (χ4n) is 2.60. The molecule has 3 aromatic rings. The maximum atomic E-state index is 13.0. The van der Waals surface area contributed by atoms with Crippen LogP contribution in [0.4, 0.5) is 9.18 Å². The highest BCUT2D eigenvalue weighted by atomic mass is 19.1. The summed E-state index contributed by atoms with van der Waals surface area (Å²) in [6, 6.07) is 13.7. The van der Waals surface area contributed by atoms with Gasteiger partial charge in [0.2, 0.25) is 0 Å². The maximum Gasteiger partial charge on any atom is 0.314 e. The largest absolute Gasteiger partial charge is 0.492 e. The summed E-state index contributed by atoms with van der Waals surface area (Å²) < 4.78 is 18.4.